The molecule has 1 N–H and O–H groups in total. The number of unbranched alkanes of at least 4 members (excludes halogenated alkanes) is 1. The van der Waals surface area contributed by atoms with Crippen molar-refractivity contribution in [2.24, 2.45) is 0 Å². The standard InChI is InChI=1S/C20H30N6O/c1-3-4-10-25-11-6-17-19(22-15-21-17)20(25)7-12-24(13-8-20)18(27)14-26-16(2)5-9-23-26/h5,9,15H,3-4,6-8,10-14H2,1-2H3,(H,21,22). The van der Waals surface area contributed by atoms with Crippen molar-refractivity contribution in [3.63, 3.8) is 0 Å². The van der Waals surface area contributed by atoms with Gasteiger partial charge in [0, 0.05) is 43.6 Å². The minimum Gasteiger partial charge on any atom is -0.348 e. The zero-order chi connectivity index (χ0) is 18.9. The average Bonchev–Trinajstić information content (AvgIpc) is 3.32. The van der Waals surface area contributed by atoms with Gasteiger partial charge in [-0.3, -0.25) is 14.4 Å². The molecule has 0 atom stereocenters. The maximum Gasteiger partial charge on any atom is 0.244 e. The van der Waals surface area contributed by atoms with Gasteiger partial charge in [0.1, 0.15) is 6.54 Å². The van der Waals surface area contributed by atoms with Crippen LogP contribution < -0.4 is 0 Å². The Balaban J connectivity index is 1.48. The third-order valence-electron chi connectivity index (χ3n) is 6.33. The van der Waals surface area contributed by atoms with E-state index in [-0.39, 0.29) is 11.4 Å². The highest BCUT2D eigenvalue weighted by molar-refractivity contribution is 5.76. The lowest BCUT2D eigenvalue weighted by Gasteiger charge is -2.50. The van der Waals surface area contributed by atoms with E-state index in [1.54, 1.807) is 10.9 Å². The third-order valence-corrected chi connectivity index (χ3v) is 6.33. The Kier molecular flexibility index (Phi) is 5.04. The molecule has 2 aromatic rings. The van der Waals surface area contributed by atoms with Gasteiger partial charge in [-0.05, 0) is 38.8 Å². The van der Waals surface area contributed by atoms with E-state index in [0.29, 0.717) is 6.54 Å². The molecule has 2 aliphatic rings. The smallest absolute Gasteiger partial charge is 0.244 e. The molecular weight excluding hydrogens is 340 g/mol. The van der Waals surface area contributed by atoms with Crippen molar-refractivity contribution in [1.29, 1.82) is 0 Å². The molecule has 27 heavy (non-hydrogen) atoms. The minimum atomic E-state index is -0.0127. The molecule has 7 nitrogen and oxygen atoms in total. The van der Waals surface area contributed by atoms with Crippen LogP contribution in [0.15, 0.2) is 18.6 Å². The zero-order valence-electron chi connectivity index (χ0n) is 16.4. The summed E-state index contributed by atoms with van der Waals surface area (Å²) in [6, 6.07) is 1.94. The predicted octanol–water partition coefficient (Wildman–Crippen LogP) is 2.09. The molecule has 1 spiro atoms. The molecule has 0 bridgehead atoms. The zero-order valence-corrected chi connectivity index (χ0v) is 16.4. The number of rotatable bonds is 5. The predicted molar refractivity (Wildman–Crippen MR) is 103 cm³/mol. The lowest BCUT2D eigenvalue weighted by molar-refractivity contribution is -0.135. The molecule has 1 fully saturated rings. The molecule has 0 aliphatic carbocycles. The van der Waals surface area contributed by atoms with Crippen LogP contribution in [0.3, 0.4) is 0 Å². The number of imidazole rings is 1. The molecule has 2 aromatic heterocycles. The number of aromatic amines is 1. The van der Waals surface area contributed by atoms with Crippen LogP contribution in [-0.2, 0) is 23.3 Å². The fourth-order valence-corrected chi connectivity index (χ4v) is 4.67. The van der Waals surface area contributed by atoms with Crippen molar-refractivity contribution in [2.75, 3.05) is 26.2 Å². The molecule has 0 unspecified atom stereocenters. The number of hydrogen-bond acceptors (Lipinski definition) is 4. The van der Waals surface area contributed by atoms with E-state index in [1.807, 2.05) is 24.2 Å². The van der Waals surface area contributed by atoms with E-state index in [4.69, 9.17) is 4.98 Å². The SMILES string of the molecule is CCCCN1CCc2[nH]cnc2C12CCN(C(=O)Cn1nccc1C)CC2. The van der Waals surface area contributed by atoms with Crippen molar-refractivity contribution < 1.29 is 4.79 Å². The summed E-state index contributed by atoms with van der Waals surface area (Å²) in [4.78, 5) is 25.5. The molecule has 1 amide bonds. The largest absolute Gasteiger partial charge is 0.348 e. The Morgan fingerprint density at radius 1 is 1.30 bits per heavy atom. The second kappa shape index (κ2) is 7.46. The van der Waals surface area contributed by atoms with Crippen LogP contribution in [0.25, 0.3) is 0 Å². The fraction of sp³-hybridized carbons (Fsp3) is 0.650. The fourth-order valence-electron chi connectivity index (χ4n) is 4.67. The van der Waals surface area contributed by atoms with E-state index < -0.39 is 0 Å². The number of aromatic nitrogens is 4. The number of piperidine rings is 1. The summed E-state index contributed by atoms with van der Waals surface area (Å²) in [5, 5.41) is 4.25. The highest BCUT2D eigenvalue weighted by Crippen LogP contribution is 2.42. The summed E-state index contributed by atoms with van der Waals surface area (Å²) < 4.78 is 1.78. The first-order chi connectivity index (χ1) is 13.1. The summed E-state index contributed by atoms with van der Waals surface area (Å²) in [7, 11) is 0. The number of carbonyl (C=O) groups is 1. The maximum atomic E-state index is 12.8. The average molecular weight is 371 g/mol. The van der Waals surface area contributed by atoms with E-state index in [1.165, 1.54) is 24.2 Å². The lowest BCUT2D eigenvalue weighted by atomic mass is 9.78. The highest BCUT2D eigenvalue weighted by Gasteiger charge is 2.46. The van der Waals surface area contributed by atoms with Crippen molar-refractivity contribution in [3.8, 4) is 0 Å². The summed E-state index contributed by atoms with van der Waals surface area (Å²) in [5.74, 6) is 0.162. The number of amides is 1. The molecule has 2 aliphatic heterocycles. The molecule has 4 heterocycles. The maximum absolute atomic E-state index is 12.8. The number of hydrogen-bond donors (Lipinski definition) is 1. The topological polar surface area (TPSA) is 70.1 Å². The van der Waals surface area contributed by atoms with Crippen LogP contribution in [-0.4, -0.2) is 61.6 Å². The van der Waals surface area contributed by atoms with Gasteiger partial charge in [-0.25, -0.2) is 4.98 Å². The summed E-state index contributed by atoms with van der Waals surface area (Å²) in [5.41, 5.74) is 3.52. The summed E-state index contributed by atoms with van der Waals surface area (Å²) in [6.07, 6.45) is 8.96. The molecule has 0 radical (unpaired) electrons. The van der Waals surface area contributed by atoms with Gasteiger partial charge in [0.05, 0.1) is 17.6 Å². The number of nitrogens with zero attached hydrogens (tertiary/aromatic N) is 5. The molecule has 146 valence electrons. The van der Waals surface area contributed by atoms with E-state index in [0.717, 1.165) is 51.1 Å². The van der Waals surface area contributed by atoms with Gasteiger partial charge in [0.2, 0.25) is 5.91 Å². The van der Waals surface area contributed by atoms with Gasteiger partial charge in [-0.1, -0.05) is 13.3 Å². The number of likely N-dealkylation sites (tertiary alicyclic amines) is 1. The molecule has 7 heteroatoms. The first kappa shape index (κ1) is 18.2. The quantitative estimate of drug-likeness (QED) is 0.875. The first-order valence-corrected chi connectivity index (χ1v) is 10.2. The van der Waals surface area contributed by atoms with Gasteiger partial charge in [-0.15, -0.1) is 0 Å². The van der Waals surface area contributed by atoms with Crippen molar-refractivity contribution >= 4 is 5.91 Å². The summed E-state index contributed by atoms with van der Waals surface area (Å²) in [6.45, 7) is 8.33. The molecule has 4 rings (SSSR count). The van der Waals surface area contributed by atoms with Crippen LogP contribution in [0, 0.1) is 6.92 Å². The normalized spacial score (nSPS) is 19.4. The van der Waals surface area contributed by atoms with Crippen LogP contribution in [0.4, 0.5) is 0 Å². The Morgan fingerprint density at radius 2 is 2.11 bits per heavy atom. The van der Waals surface area contributed by atoms with Crippen LogP contribution in [0.1, 0.15) is 49.7 Å². The van der Waals surface area contributed by atoms with Gasteiger partial charge < -0.3 is 9.88 Å². The summed E-state index contributed by atoms with van der Waals surface area (Å²) >= 11 is 0. The van der Waals surface area contributed by atoms with Crippen LogP contribution in [0.2, 0.25) is 0 Å². The number of carbonyl (C=O) groups excluding carboxylic acids is 1. The van der Waals surface area contributed by atoms with Gasteiger partial charge in [0.25, 0.3) is 0 Å². The number of H-pyrrole nitrogens is 1. The molecule has 1 saturated heterocycles. The number of fused-ring (bicyclic) bond motifs is 2. The van der Waals surface area contributed by atoms with Gasteiger partial charge >= 0.3 is 0 Å². The van der Waals surface area contributed by atoms with Crippen molar-refractivity contribution in [2.45, 2.75) is 58.0 Å². The third kappa shape index (κ3) is 3.29. The first-order valence-electron chi connectivity index (χ1n) is 10.2. The van der Waals surface area contributed by atoms with Crippen molar-refractivity contribution in [3.05, 3.63) is 35.7 Å². The highest BCUT2D eigenvalue weighted by atomic mass is 16.2. The van der Waals surface area contributed by atoms with E-state index in [2.05, 4.69) is 21.9 Å². The lowest BCUT2D eigenvalue weighted by Crippen LogP contribution is -2.57. The minimum absolute atomic E-state index is 0.0127. The van der Waals surface area contributed by atoms with Crippen molar-refractivity contribution in [1.82, 2.24) is 29.5 Å². The Hall–Kier alpha value is -2.15. The Morgan fingerprint density at radius 3 is 2.81 bits per heavy atom. The second-order valence-electron chi connectivity index (χ2n) is 7.86. The molecular formula is C20H30N6O. The number of nitrogens with one attached hydrogen (secondary N) is 1. The second-order valence-corrected chi connectivity index (χ2v) is 7.86. The van der Waals surface area contributed by atoms with Crippen LogP contribution >= 0.6 is 0 Å². The van der Waals surface area contributed by atoms with Gasteiger partial charge in [-0.2, -0.15) is 5.10 Å². The Labute approximate surface area is 160 Å². The Bertz CT molecular complexity index is 786. The van der Waals surface area contributed by atoms with Crippen LogP contribution in [0.5, 0.6) is 0 Å². The monoisotopic (exact) mass is 370 g/mol. The van der Waals surface area contributed by atoms with E-state index in [9.17, 15) is 4.79 Å². The number of aryl methyl sites for hydroxylation is 1. The van der Waals surface area contributed by atoms with Gasteiger partial charge in [0.15, 0.2) is 0 Å². The molecule has 0 aromatic carbocycles. The van der Waals surface area contributed by atoms with E-state index >= 15 is 0 Å². The molecule has 0 saturated carbocycles.